The number of nitrogens with zero attached hydrogens (tertiary/aromatic N) is 5. The number of fused-ring (bicyclic) bond motifs is 1. The molecule has 2 atom stereocenters. The first-order valence-electron chi connectivity index (χ1n) is 9.26. The number of oxime groups is 1. The van der Waals surface area contributed by atoms with Gasteiger partial charge in [0.1, 0.15) is 26.8 Å². The van der Waals surface area contributed by atoms with Crippen molar-refractivity contribution in [1.82, 2.24) is 23.9 Å². The van der Waals surface area contributed by atoms with Crippen LogP contribution >= 0.6 is 46.4 Å². The van der Waals surface area contributed by atoms with Gasteiger partial charge in [0, 0.05) is 4.91 Å². The average molecular weight is 570 g/mol. The van der Waals surface area contributed by atoms with E-state index < -0.39 is 58.2 Å². The molecule has 5 N–H and O–H groups in total. The van der Waals surface area contributed by atoms with Crippen molar-refractivity contribution in [3.8, 4) is 0 Å². The van der Waals surface area contributed by atoms with Gasteiger partial charge in [-0.3, -0.25) is 14.5 Å². The first-order valence-corrected chi connectivity index (χ1v) is 12.0. The van der Waals surface area contributed by atoms with Crippen LogP contribution in [0.1, 0.15) is 24.2 Å². The summed E-state index contributed by atoms with van der Waals surface area (Å²) in [5.74, 6) is -3.36. The van der Waals surface area contributed by atoms with Crippen LogP contribution in [0.25, 0.3) is 0 Å². The molecule has 35 heavy (non-hydrogen) atoms. The Morgan fingerprint density at radius 2 is 2.06 bits per heavy atom. The number of rotatable bonds is 6. The van der Waals surface area contributed by atoms with Gasteiger partial charge in [0.25, 0.3) is 11.8 Å². The van der Waals surface area contributed by atoms with Gasteiger partial charge < -0.3 is 21.4 Å². The highest BCUT2D eigenvalue weighted by Crippen LogP contribution is 2.45. The standard InChI is InChI=1S/C16H11ClF3N7O5S3/c17-10-6(23-15(21)34-10)7(24-32)11(28)22-5-3-1-2-4(8(14(30)31)27(3)13(5)29)33-12-9(16(18,19)20)25-35-26-12/h3,5,32H,1-2H2,(H2,21,23)(H,22,28)(H,30,31)/b24-7-. The number of thioether (sulfide) groups is 1. The number of carbonyl (C=O) groups excluding carboxylic acids is 2. The van der Waals surface area contributed by atoms with Crippen LogP contribution < -0.4 is 11.1 Å². The highest BCUT2D eigenvalue weighted by molar-refractivity contribution is 8.03. The van der Waals surface area contributed by atoms with E-state index in [0.29, 0.717) is 23.5 Å². The molecule has 12 nitrogen and oxygen atoms in total. The average Bonchev–Trinajstić information content (AvgIpc) is 3.38. The molecule has 2 amide bonds. The number of aliphatic carboxylic acids is 1. The van der Waals surface area contributed by atoms with Crippen LogP contribution in [0.15, 0.2) is 20.8 Å². The van der Waals surface area contributed by atoms with Crippen LogP contribution in [-0.4, -0.2) is 64.5 Å². The summed E-state index contributed by atoms with van der Waals surface area (Å²) in [5.41, 5.74) is 2.96. The maximum absolute atomic E-state index is 13.1. The van der Waals surface area contributed by atoms with Crippen LogP contribution in [0.2, 0.25) is 4.34 Å². The zero-order valence-electron chi connectivity index (χ0n) is 16.7. The number of carbonyl (C=O) groups is 3. The largest absolute Gasteiger partial charge is 0.477 e. The van der Waals surface area contributed by atoms with Crippen molar-refractivity contribution in [3.63, 3.8) is 0 Å². The maximum atomic E-state index is 13.1. The molecule has 0 radical (unpaired) electrons. The van der Waals surface area contributed by atoms with Crippen molar-refractivity contribution in [1.29, 1.82) is 0 Å². The number of carboxylic acids is 1. The summed E-state index contributed by atoms with van der Waals surface area (Å²) < 4.78 is 46.2. The van der Waals surface area contributed by atoms with Crippen molar-refractivity contribution >= 4 is 75.1 Å². The smallest absolute Gasteiger partial charge is 0.437 e. The fourth-order valence-electron chi connectivity index (χ4n) is 3.54. The van der Waals surface area contributed by atoms with E-state index in [0.717, 1.165) is 16.2 Å². The summed E-state index contributed by atoms with van der Waals surface area (Å²) in [6, 6.07) is -1.98. The number of thiazole rings is 1. The van der Waals surface area contributed by atoms with Gasteiger partial charge in [-0.1, -0.05) is 39.9 Å². The summed E-state index contributed by atoms with van der Waals surface area (Å²) in [7, 11) is 0. The third-order valence-corrected chi connectivity index (χ3v) is 7.82. The number of β-lactam (4-membered cyclic amide) rings is 1. The Morgan fingerprint density at radius 3 is 2.63 bits per heavy atom. The highest BCUT2D eigenvalue weighted by atomic mass is 35.5. The molecule has 0 aromatic carbocycles. The lowest BCUT2D eigenvalue weighted by atomic mass is 9.86. The lowest BCUT2D eigenvalue weighted by Crippen LogP contribution is -2.72. The number of halogens is 4. The zero-order valence-corrected chi connectivity index (χ0v) is 19.9. The topological polar surface area (TPSA) is 184 Å². The maximum Gasteiger partial charge on any atom is 0.437 e. The molecule has 0 aliphatic carbocycles. The molecule has 0 saturated carbocycles. The molecule has 2 unspecified atom stereocenters. The van der Waals surface area contributed by atoms with E-state index in [9.17, 15) is 37.9 Å². The van der Waals surface area contributed by atoms with E-state index in [1.54, 1.807) is 0 Å². The molecule has 1 saturated heterocycles. The van der Waals surface area contributed by atoms with Gasteiger partial charge in [0.2, 0.25) is 0 Å². The lowest BCUT2D eigenvalue weighted by Gasteiger charge is -2.50. The van der Waals surface area contributed by atoms with Crippen molar-refractivity contribution in [2.75, 3.05) is 5.73 Å². The Bertz CT molecular complexity index is 1290. The fraction of sp³-hybridized carbons (Fsp3) is 0.312. The van der Waals surface area contributed by atoms with Crippen LogP contribution in [0.4, 0.5) is 18.3 Å². The molecule has 4 rings (SSSR count). The molecule has 2 aromatic rings. The van der Waals surface area contributed by atoms with E-state index in [2.05, 4.69) is 24.2 Å². The summed E-state index contributed by atoms with van der Waals surface area (Å²) in [6.45, 7) is 0. The van der Waals surface area contributed by atoms with Gasteiger partial charge in [0.15, 0.2) is 16.5 Å². The zero-order chi connectivity index (χ0) is 25.7. The molecule has 1 fully saturated rings. The SMILES string of the molecule is Nc1nc(/C(=N/O)C(=O)NC2C(=O)N3C(C(=O)O)=C(Sc4nsnc4C(F)(F)F)CCC23)c(Cl)s1. The number of nitrogen functional groups attached to an aromatic ring is 1. The number of alkyl halides is 3. The molecule has 186 valence electrons. The molecule has 2 aliphatic rings. The molecule has 0 bridgehead atoms. The second kappa shape index (κ2) is 9.25. The van der Waals surface area contributed by atoms with Gasteiger partial charge in [0.05, 0.1) is 17.8 Å². The third kappa shape index (κ3) is 4.53. The second-order valence-corrected chi connectivity index (χ2v) is 10.2. The van der Waals surface area contributed by atoms with Gasteiger partial charge in [-0.15, -0.1) is 0 Å². The van der Waals surface area contributed by atoms with Crippen molar-refractivity contribution < 1.29 is 37.9 Å². The van der Waals surface area contributed by atoms with Gasteiger partial charge >= 0.3 is 12.1 Å². The Balaban J connectivity index is 1.55. The molecule has 2 aliphatic heterocycles. The Hall–Kier alpha value is -2.96. The predicted octanol–water partition coefficient (Wildman–Crippen LogP) is 2.01. The van der Waals surface area contributed by atoms with E-state index >= 15 is 0 Å². The summed E-state index contributed by atoms with van der Waals surface area (Å²) in [5, 5.41) is 23.7. The minimum absolute atomic E-state index is 0.00221. The Labute approximate surface area is 210 Å². The molecular weight excluding hydrogens is 559 g/mol. The van der Waals surface area contributed by atoms with Crippen LogP contribution in [0.3, 0.4) is 0 Å². The van der Waals surface area contributed by atoms with E-state index in [1.807, 2.05) is 0 Å². The number of anilines is 1. The Morgan fingerprint density at radius 1 is 1.34 bits per heavy atom. The van der Waals surface area contributed by atoms with Crippen LogP contribution in [0, 0.1) is 0 Å². The van der Waals surface area contributed by atoms with Crippen LogP contribution in [-0.2, 0) is 20.6 Å². The minimum atomic E-state index is -4.78. The van der Waals surface area contributed by atoms with Crippen molar-refractivity contribution in [2.45, 2.75) is 36.1 Å². The predicted molar refractivity (Wildman–Crippen MR) is 117 cm³/mol. The first-order chi connectivity index (χ1) is 16.4. The molecule has 19 heteroatoms. The number of amides is 2. The second-order valence-electron chi connectivity index (χ2n) is 6.98. The summed E-state index contributed by atoms with van der Waals surface area (Å²) in [6.07, 6.45) is -4.66. The number of aromatic nitrogens is 3. The molecule has 0 spiro atoms. The summed E-state index contributed by atoms with van der Waals surface area (Å²) >= 11 is 7.56. The molecular formula is C16H11ClF3N7O5S3. The Kier molecular flexibility index (Phi) is 6.64. The van der Waals surface area contributed by atoms with E-state index in [-0.39, 0.29) is 32.9 Å². The minimum Gasteiger partial charge on any atom is -0.477 e. The number of carboxylic acid groups (broad SMARTS) is 1. The number of hydrogen-bond donors (Lipinski definition) is 4. The molecule has 2 aromatic heterocycles. The number of nitrogens with one attached hydrogen (secondary N) is 1. The van der Waals surface area contributed by atoms with Gasteiger partial charge in [-0.25, -0.2) is 9.78 Å². The number of hydrogen-bond acceptors (Lipinski definition) is 12. The van der Waals surface area contributed by atoms with E-state index in [4.69, 9.17) is 17.3 Å². The highest BCUT2D eigenvalue weighted by Gasteiger charge is 2.54. The molecule has 4 heterocycles. The van der Waals surface area contributed by atoms with E-state index in [1.165, 1.54) is 0 Å². The quantitative estimate of drug-likeness (QED) is 0.174. The van der Waals surface area contributed by atoms with Crippen LogP contribution in [0.5, 0.6) is 0 Å². The van der Waals surface area contributed by atoms with Gasteiger partial charge in [-0.2, -0.15) is 21.9 Å². The number of nitrogens with two attached hydrogens (primary N) is 1. The summed E-state index contributed by atoms with van der Waals surface area (Å²) in [4.78, 5) is 42.0. The number of allylic oxidation sites excluding steroid dienone is 1. The third-order valence-electron chi connectivity index (χ3n) is 4.97. The fourth-order valence-corrected chi connectivity index (χ4v) is 6.24. The first kappa shape index (κ1) is 25.1. The monoisotopic (exact) mass is 569 g/mol. The lowest BCUT2D eigenvalue weighted by molar-refractivity contribution is -0.155. The van der Waals surface area contributed by atoms with Crippen molar-refractivity contribution in [2.24, 2.45) is 5.16 Å². The van der Waals surface area contributed by atoms with Gasteiger partial charge in [-0.05, 0) is 12.8 Å². The normalized spacial score (nSPS) is 20.5. The van der Waals surface area contributed by atoms with Crippen molar-refractivity contribution in [3.05, 3.63) is 26.3 Å².